The van der Waals surface area contributed by atoms with Crippen molar-refractivity contribution in [1.29, 1.82) is 5.26 Å². The minimum atomic E-state index is 0.294. The molecule has 32 heavy (non-hydrogen) atoms. The number of rotatable bonds is 11. The van der Waals surface area contributed by atoms with Crippen LogP contribution in [0.4, 0.5) is 5.82 Å². The van der Waals surface area contributed by atoms with Gasteiger partial charge in [0, 0.05) is 33.4 Å². The van der Waals surface area contributed by atoms with Crippen molar-refractivity contribution in [3.05, 3.63) is 41.6 Å². The van der Waals surface area contributed by atoms with Gasteiger partial charge in [0.15, 0.2) is 5.96 Å². The molecule has 8 heteroatoms. The zero-order valence-electron chi connectivity index (χ0n) is 19.2. The largest absolute Gasteiger partial charge is 0.385 e. The Morgan fingerprint density at radius 2 is 2.09 bits per heavy atom. The molecule has 0 unspecified atom stereocenters. The third kappa shape index (κ3) is 5.80. The summed E-state index contributed by atoms with van der Waals surface area (Å²) in [6.07, 6.45) is 6.28. The van der Waals surface area contributed by atoms with Crippen LogP contribution in [-0.4, -0.2) is 49.1 Å². The predicted octanol–water partition coefficient (Wildman–Crippen LogP) is 3.02. The molecular formula is C24H35N7O. The summed E-state index contributed by atoms with van der Waals surface area (Å²) in [4.78, 5) is 4.84. The van der Waals surface area contributed by atoms with Crippen molar-refractivity contribution >= 4 is 11.8 Å². The zero-order valence-corrected chi connectivity index (χ0v) is 19.2. The fourth-order valence-electron chi connectivity index (χ4n) is 4.07. The van der Waals surface area contributed by atoms with Crippen LogP contribution in [0.5, 0.6) is 0 Å². The summed E-state index contributed by atoms with van der Waals surface area (Å²) < 4.78 is 6.93. The average Bonchev–Trinajstić information content (AvgIpc) is 3.11. The van der Waals surface area contributed by atoms with Gasteiger partial charge in [-0.25, -0.2) is 4.68 Å². The van der Waals surface area contributed by atoms with E-state index in [0.29, 0.717) is 23.2 Å². The molecule has 3 rings (SSSR count). The van der Waals surface area contributed by atoms with Gasteiger partial charge in [-0.3, -0.25) is 4.99 Å². The van der Waals surface area contributed by atoms with Gasteiger partial charge in [0.25, 0.3) is 0 Å². The number of aryl methyl sites for hydroxylation is 1. The smallest absolute Gasteiger partial charge is 0.191 e. The van der Waals surface area contributed by atoms with E-state index in [0.717, 1.165) is 56.4 Å². The van der Waals surface area contributed by atoms with Gasteiger partial charge in [-0.15, -0.1) is 0 Å². The first-order valence-corrected chi connectivity index (χ1v) is 11.5. The van der Waals surface area contributed by atoms with Crippen LogP contribution in [-0.2, 0) is 11.2 Å². The average molecular weight is 438 g/mol. The van der Waals surface area contributed by atoms with Crippen molar-refractivity contribution in [2.45, 2.75) is 45.4 Å². The summed E-state index contributed by atoms with van der Waals surface area (Å²) >= 11 is 0. The third-order valence-corrected chi connectivity index (χ3v) is 6.16. The minimum absolute atomic E-state index is 0.294. The first-order chi connectivity index (χ1) is 15.6. The zero-order chi connectivity index (χ0) is 22.8. The number of aliphatic imine (C=N–C) groups is 1. The third-order valence-electron chi connectivity index (χ3n) is 6.16. The highest BCUT2D eigenvalue weighted by Gasteiger charge is 2.36. The van der Waals surface area contributed by atoms with Crippen molar-refractivity contribution in [1.82, 2.24) is 20.4 Å². The number of ether oxygens (including phenoxy) is 1. The fourth-order valence-corrected chi connectivity index (χ4v) is 4.07. The molecule has 0 aliphatic heterocycles. The molecule has 1 aromatic heterocycles. The maximum absolute atomic E-state index is 9.57. The monoisotopic (exact) mass is 437 g/mol. The first kappa shape index (κ1) is 23.6. The van der Waals surface area contributed by atoms with Crippen LogP contribution in [0.25, 0.3) is 5.69 Å². The number of nitriles is 1. The van der Waals surface area contributed by atoms with E-state index in [-0.39, 0.29) is 0 Å². The summed E-state index contributed by atoms with van der Waals surface area (Å²) in [7, 11) is 1.76. The predicted molar refractivity (Wildman–Crippen MR) is 128 cm³/mol. The van der Waals surface area contributed by atoms with E-state index in [1.807, 2.05) is 30.3 Å². The van der Waals surface area contributed by atoms with Crippen LogP contribution >= 0.6 is 0 Å². The molecule has 0 radical (unpaired) electrons. The number of nitrogens with zero attached hydrogens (tertiary/aromatic N) is 4. The van der Waals surface area contributed by atoms with Gasteiger partial charge in [0.05, 0.1) is 11.4 Å². The van der Waals surface area contributed by atoms with Gasteiger partial charge in [-0.2, -0.15) is 10.4 Å². The molecule has 8 nitrogen and oxygen atoms in total. The first-order valence-electron chi connectivity index (χ1n) is 11.5. The lowest BCUT2D eigenvalue weighted by atomic mass is 9.67. The van der Waals surface area contributed by atoms with Crippen LogP contribution in [0.2, 0.25) is 0 Å². The second-order valence-electron chi connectivity index (χ2n) is 8.39. The molecule has 0 amide bonds. The second-order valence-corrected chi connectivity index (χ2v) is 8.39. The van der Waals surface area contributed by atoms with Crippen LogP contribution in [0.3, 0.4) is 0 Å². The van der Waals surface area contributed by atoms with Crippen LogP contribution in [0, 0.1) is 16.7 Å². The fraction of sp³-hybridized carbons (Fsp3) is 0.542. The molecular weight excluding hydrogens is 402 g/mol. The molecule has 0 spiro atoms. The quantitative estimate of drug-likeness (QED) is 0.283. The van der Waals surface area contributed by atoms with E-state index in [1.165, 1.54) is 19.3 Å². The topological polar surface area (TPSA) is 113 Å². The van der Waals surface area contributed by atoms with E-state index in [1.54, 1.807) is 11.8 Å². The van der Waals surface area contributed by atoms with Gasteiger partial charge in [-0.1, -0.05) is 24.6 Å². The summed E-state index contributed by atoms with van der Waals surface area (Å²) in [5.74, 6) is 1.23. The number of anilines is 1. The SMILES string of the molecule is CCNC(=NCC1(CCOC)CCC1)NCCCc1nn(-c2ccccc2)c(N)c1C#N. The summed E-state index contributed by atoms with van der Waals surface area (Å²) in [5.41, 5.74) is 8.53. The molecule has 1 aliphatic carbocycles. The van der Waals surface area contributed by atoms with Crippen LogP contribution < -0.4 is 16.4 Å². The Hall–Kier alpha value is -3.05. The van der Waals surface area contributed by atoms with Gasteiger partial charge >= 0.3 is 0 Å². The van der Waals surface area contributed by atoms with E-state index in [9.17, 15) is 5.26 Å². The van der Waals surface area contributed by atoms with Gasteiger partial charge in [0.1, 0.15) is 17.5 Å². The Morgan fingerprint density at radius 3 is 2.72 bits per heavy atom. The number of benzene rings is 1. The Balaban J connectivity index is 1.56. The summed E-state index contributed by atoms with van der Waals surface area (Å²) in [5, 5.41) is 20.9. The number of nitrogens with one attached hydrogen (secondary N) is 2. The van der Waals surface area contributed by atoms with E-state index < -0.39 is 0 Å². The number of methoxy groups -OCH3 is 1. The number of guanidine groups is 1. The Labute approximate surface area is 190 Å². The van der Waals surface area contributed by atoms with Crippen molar-refractivity contribution in [2.75, 3.05) is 39.1 Å². The van der Waals surface area contributed by atoms with Crippen molar-refractivity contribution in [2.24, 2.45) is 10.4 Å². The van der Waals surface area contributed by atoms with Crippen molar-refractivity contribution in [3.8, 4) is 11.8 Å². The van der Waals surface area contributed by atoms with Gasteiger partial charge in [0.2, 0.25) is 0 Å². The van der Waals surface area contributed by atoms with E-state index >= 15 is 0 Å². The maximum Gasteiger partial charge on any atom is 0.191 e. The Bertz CT molecular complexity index is 926. The molecule has 1 aromatic carbocycles. The number of nitrogens with two attached hydrogens (primary N) is 1. The Morgan fingerprint density at radius 1 is 1.31 bits per heavy atom. The lowest BCUT2D eigenvalue weighted by molar-refractivity contribution is 0.0778. The number of aromatic nitrogens is 2. The molecule has 172 valence electrons. The molecule has 0 bridgehead atoms. The highest BCUT2D eigenvalue weighted by molar-refractivity contribution is 5.79. The number of hydrogen-bond acceptors (Lipinski definition) is 5. The van der Waals surface area contributed by atoms with Crippen molar-refractivity contribution < 1.29 is 4.74 Å². The molecule has 1 fully saturated rings. The van der Waals surface area contributed by atoms with E-state index in [2.05, 4.69) is 28.7 Å². The lowest BCUT2D eigenvalue weighted by Crippen LogP contribution is -2.40. The molecule has 1 aliphatic rings. The van der Waals surface area contributed by atoms with Gasteiger partial charge < -0.3 is 21.1 Å². The maximum atomic E-state index is 9.57. The molecule has 0 saturated heterocycles. The summed E-state index contributed by atoms with van der Waals surface area (Å²) in [6, 6.07) is 11.9. The lowest BCUT2D eigenvalue weighted by Gasteiger charge is -2.40. The number of para-hydroxylation sites is 1. The molecule has 1 heterocycles. The molecule has 0 atom stereocenters. The second kappa shape index (κ2) is 11.5. The van der Waals surface area contributed by atoms with Crippen LogP contribution in [0.15, 0.2) is 35.3 Å². The van der Waals surface area contributed by atoms with E-state index in [4.69, 9.17) is 15.5 Å². The molecule has 4 N–H and O–H groups in total. The highest BCUT2D eigenvalue weighted by atomic mass is 16.5. The Kier molecular flexibility index (Phi) is 8.51. The van der Waals surface area contributed by atoms with Crippen molar-refractivity contribution in [3.63, 3.8) is 0 Å². The minimum Gasteiger partial charge on any atom is -0.385 e. The van der Waals surface area contributed by atoms with Crippen LogP contribution in [0.1, 0.15) is 50.3 Å². The number of hydrogen-bond donors (Lipinski definition) is 3. The number of nitrogen functional groups attached to an aromatic ring is 1. The van der Waals surface area contributed by atoms with Gasteiger partial charge in [-0.05, 0) is 56.6 Å². The highest BCUT2D eigenvalue weighted by Crippen LogP contribution is 2.44. The standard InChI is InChI=1S/C24H35N7O/c1-3-27-23(29-18-24(12-8-13-24)14-16-32-2)28-15-7-11-21-20(17-25)22(26)31(30-21)19-9-5-4-6-10-19/h4-6,9-10H,3,7-8,11-16,18,26H2,1-2H3,(H2,27,28,29). The summed E-state index contributed by atoms with van der Waals surface area (Å²) in [6.45, 7) is 5.23. The molecule has 2 aromatic rings. The normalized spacial score (nSPS) is 15.1. The molecule has 1 saturated carbocycles.